The molecule has 0 amide bonds. The number of H-pyrrole nitrogens is 1. The van der Waals surface area contributed by atoms with Crippen LogP contribution in [0, 0.1) is 0 Å². The molecule has 0 aliphatic heterocycles. The van der Waals surface area contributed by atoms with E-state index >= 15 is 0 Å². The summed E-state index contributed by atoms with van der Waals surface area (Å²) in [5, 5.41) is 11.2. The number of imidazole rings is 1. The van der Waals surface area contributed by atoms with Crippen molar-refractivity contribution in [2.45, 2.75) is 33.2 Å². The van der Waals surface area contributed by atoms with Crippen LogP contribution in [-0.2, 0) is 13.0 Å². The number of fused-ring (bicyclic) bond motifs is 1. The SMILES string of the molecule is CCCNc1nc(Cc2nccn2CC)c2cn[nH]c2n1. The standard InChI is InChI=1S/C14H19N7/c1-3-5-16-14-18-11(10-9-17-20-13(10)19-14)8-12-15-6-7-21(12)4-2/h6-7,9H,3-5,8H2,1-2H3,(H2,16,17,18,19,20). The van der Waals surface area contributed by atoms with Crippen molar-refractivity contribution in [3.8, 4) is 0 Å². The maximum atomic E-state index is 4.63. The molecule has 3 heterocycles. The summed E-state index contributed by atoms with van der Waals surface area (Å²) in [6.45, 7) is 5.96. The second kappa shape index (κ2) is 5.90. The van der Waals surface area contributed by atoms with Crippen LogP contribution in [0.5, 0.6) is 0 Å². The molecule has 0 saturated carbocycles. The molecule has 0 aliphatic rings. The van der Waals surface area contributed by atoms with E-state index in [0.29, 0.717) is 12.4 Å². The lowest BCUT2D eigenvalue weighted by molar-refractivity contribution is 0.709. The zero-order valence-corrected chi connectivity index (χ0v) is 12.3. The number of aromatic amines is 1. The Morgan fingerprint density at radius 2 is 2.19 bits per heavy atom. The van der Waals surface area contributed by atoms with Gasteiger partial charge in [-0.2, -0.15) is 10.1 Å². The third kappa shape index (κ3) is 2.72. The highest BCUT2D eigenvalue weighted by Crippen LogP contribution is 2.18. The number of hydrogen-bond donors (Lipinski definition) is 2. The number of anilines is 1. The maximum absolute atomic E-state index is 4.63. The summed E-state index contributed by atoms with van der Waals surface area (Å²) >= 11 is 0. The van der Waals surface area contributed by atoms with E-state index in [1.807, 2.05) is 12.4 Å². The van der Waals surface area contributed by atoms with E-state index in [1.165, 1.54) is 0 Å². The third-order valence-electron chi connectivity index (χ3n) is 3.39. The number of nitrogens with zero attached hydrogens (tertiary/aromatic N) is 5. The molecule has 0 spiro atoms. The zero-order chi connectivity index (χ0) is 14.7. The predicted octanol–water partition coefficient (Wildman–Crippen LogP) is 1.98. The second-order valence-electron chi connectivity index (χ2n) is 4.86. The molecular formula is C14H19N7. The van der Waals surface area contributed by atoms with Crippen molar-refractivity contribution in [3.05, 3.63) is 30.1 Å². The second-order valence-corrected chi connectivity index (χ2v) is 4.86. The molecule has 0 unspecified atom stereocenters. The van der Waals surface area contributed by atoms with Gasteiger partial charge in [0.25, 0.3) is 0 Å². The number of rotatable bonds is 6. The first-order chi connectivity index (χ1) is 10.3. The Bertz CT molecular complexity index is 728. The lowest BCUT2D eigenvalue weighted by atomic mass is 10.2. The summed E-state index contributed by atoms with van der Waals surface area (Å²) < 4.78 is 2.12. The zero-order valence-electron chi connectivity index (χ0n) is 12.3. The number of aryl methyl sites for hydroxylation is 1. The summed E-state index contributed by atoms with van der Waals surface area (Å²) in [6.07, 6.45) is 7.27. The summed E-state index contributed by atoms with van der Waals surface area (Å²) in [4.78, 5) is 13.5. The monoisotopic (exact) mass is 285 g/mol. The fourth-order valence-corrected chi connectivity index (χ4v) is 2.29. The van der Waals surface area contributed by atoms with Gasteiger partial charge in [-0.05, 0) is 13.3 Å². The minimum absolute atomic E-state index is 0.637. The van der Waals surface area contributed by atoms with E-state index in [0.717, 1.165) is 42.1 Å². The number of hydrogen-bond acceptors (Lipinski definition) is 5. The van der Waals surface area contributed by atoms with E-state index < -0.39 is 0 Å². The molecular weight excluding hydrogens is 266 g/mol. The van der Waals surface area contributed by atoms with Crippen molar-refractivity contribution in [1.29, 1.82) is 0 Å². The molecule has 7 heteroatoms. The smallest absolute Gasteiger partial charge is 0.224 e. The van der Waals surface area contributed by atoms with Gasteiger partial charge in [0.1, 0.15) is 5.82 Å². The summed E-state index contributed by atoms with van der Waals surface area (Å²) in [7, 11) is 0. The Labute approximate surface area is 122 Å². The van der Waals surface area contributed by atoms with Crippen molar-refractivity contribution in [2.75, 3.05) is 11.9 Å². The van der Waals surface area contributed by atoms with Gasteiger partial charge in [0, 0.05) is 31.9 Å². The molecule has 0 atom stereocenters. The lowest BCUT2D eigenvalue weighted by Crippen LogP contribution is -2.08. The maximum Gasteiger partial charge on any atom is 0.224 e. The largest absolute Gasteiger partial charge is 0.354 e. The quantitative estimate of drug-likeness (QED) is 0.723. The molecule has 3 rings (SSSR count). The Hall–Kier alpha value is -2.44. The van der Waals surface area contributed by atoms with Gasteiger partial charge in [0.15, 0.2) is 5.65 Å². The summed E-state index contributed by atoms with van der Waals surface area (Å²) in [5.41, 5.74) is 1.70. The summed E-state index contributed by atoms with van der Waals surface area (Å²) in [6, 6.07) is 0. The van der Waals surface area contributed by atoms with Crippen molar-refractivity contribution >= 4 is 17.0 Å². The first kappa shape index (κ1) is 13.5. The van der Waals surface area contributed by atoms with Crippen molar-refractivity contribution in [1.82, 2.24) is 29.7 Å². The van der Waals surface area contributed by atoms with Gasteiger partial charge >= 0.3 is 0 Å². The van der Waals surface area contributed by atoms with Crippen LogP contribution >= 0.6 is 0 Å². The van der Waals surface area contributed by atoms with E-state index in [-0.39, 0.29) is 0 Å². The van der Waals surface area contributed by atoms with Crippen molar-refractivity contribution in [2.24, 2.45) is 0 Å². The highest BCUT2D eigenvalue weighted by Gasteiger charge is 2.12. The van der Waals surface area contributed by atoms with E-state index in [1.54, 1.807) is 6.20 Å². The van der Waals surface area contributed by atoms with Crippen molar-refractivity contribution < 1.29 is 0 Å². The van der Waals surface area contributed by atoms with Crippen LogP contribution in [-0.4, -0.2) is 36.3 Å². The minimum Gasteiger partial charge on any atom is -0.354 e. The molecule has 3 aromatic rings. The average Bonchev–Trinajstić information content (AvgIpc) is 3.13. The van der Waals surface area contributed by atoms with E-state index in [4.69, 9.17) is 0 Å². The molecule has 0 aliphatic carbocycles. The van der Waals surface area contributed by atoms with Crippen LogP contribution < -0.4 is 5.32 Å². The highest BCUT2D eigenvalue weighted by atomic mass is 15.2. The fraction of sp³-hybridized carbons (Fsp3) is 0.429. The number of nitrogens with one attached hydrogen (secondary N) is 2. The van der Waals surface area contributed by atoms with Gasteiger partial charge in [-0.15, -0.1) is 0 Å². The average molecular weight is 285 g/mol. The van der Waals surface area contributed by atoms with Crippen LogP contribution in [0.4, 0.5) is 5.95 Å². The molecule has 0 radical (unpaired) electrons. The molecule has 0 fully saturated rings. The van der Waals surface area contributed by atoms with Crippen LogP contribution in [0.3, 0.4) is 0 Å². The molecule has 2 N–H and O–H groups in total. The Kier molecular flexibility index (Phi) is 3.81. The van der Waals surface area contributed by atoms with E-state index in [2.05, 4.69) is 48.9 Å². The highest BCUT2D eigenvalue weighted by molar-refractivity contribution is 5.78. The fourth-order valence-electron chi connectivity index (χ4n) is 2.29. The van der Waals surface area contributed by atoms with E-state index in [9.17, 15) is 0 Å². The van der Waals surface area contributed by atoms with Crippen LogP contribution in [0.1, 0.15) is 31.8 Å². The first-order valence-electron chi connectivity index (χ1n) is 7.25. The molecule has 7 nitrogen and oxygen atoms in total. The lowest BCUT2D eigenvalue weighted by Gasteiger charge is -2.08. The van der Waals surface area contributed by atoms with Crippen LogP contribution in [0.2, 0.25) is 0 Å². The predicted molar refractivity (Wildman–Crippen MR) is 81.2 cm³/mol. The van der Waals surface area contributed by atoms with Gasteiger partial charge in [-0.3, -0.25) is 5.10 Å². The normalized spacial score (nSPS) is 11.1. The minimum atomic E-state index is 0.637. The van der Waals surface area contributed by atoms with Gasteiger partial charge in [-0.1, -0.05) is 6.92 Å². The van der Waals surface area contributed by atoms with Gasteiger partial charge in [0.05, 0.1) is 17.3 Å². The molecule has 0 saturated heterocycles. The van der Waals surface area contributed by atoms with Crippen molar-refractivity contribution in [3.63, 3.8) is 0 Å². The third-order valence-corrected chi connectivity index (χ3v) is 3.39. The molecule has 0 bridgehead atoms. The molecule has 21 heavy (non-hydrogen) atoms. The topological polar surface area (TPSA) is 84.3 Å². The Balaban J connectivity index is 1.97. The van der Waals surface area contributed by atoms with Gasteiger partial charge in [-0.25, -0.2) is 9.97 Å². The number of aromatic nitrogens is 6. The Morgan fingerprint density at radius 3 is 3.00 bits per heavy atom. The van der Waals surface area contributed by atoms with Gasteiger partial charge < -0.3 is 9.88 Å². The first-order valence-corrected chi connectivity index (χ1v) is 7.25. The summed E-state index contributed by atoms with van der Waals surface area (Å²) in [5.74, 6) is 1.64. The van der Waals surface area contributed by atoms with Crippen LogP contribution in [0.15, 0.2) is 18.6 Å². The molecule has 0 aromatic carbocycles. The van der Waals surface area contributed by atoms with Crippen LogP contribution in [0.25, 0.3) is 11.0 Å². The molecule has 110 valence electrons. The van der Waals surface area contributed by atoms with Gasteiger partial charge in [0.2, 0.25) is 5.95 Å². The molecule has 3 aromatic heterocycles. The Morgan fingerprint density at radius 1 is 1.29 bits per heavy atom.